The summed E-state index contributed by atoms with van der Waals surface area (Å²) < 4.78 is 2.40. The second-order valence-electron chi connectivity index (χ2n) is 8.32. The summed E-state index contributed by atoms with van der Waals surface area (Å²) in [4.78, 5) is 42.1. The number of amides is 3. The highest BCUT2D eigenvalue weighted by atomic mass is 79.9. The SMILES string of the molecule is CC(C)Cn1c(SC(C)C(=O)NC(=O)NC(C)(C)C)nc2ccc(Br)cc2c1=O. The van der Waals surface area contributed by atoms with E-state index in [-0.39, 0.29) is 11.5 Å². The van der Waals surface area contributed by atoms with E-state index in [1.165, 1.54) is 0 Å². The number of thioether (sulfide) groups is 1. The average Bonchev–Trinajstić information content (AvgIpc) is 2.56. The fourth-order valence-corrected chi connectivity index (χ4v) is 3.86. The number of hydrogen-bond acceptors (Lipinski definition) is 5. The van der Waals surface area contributed by atoms with Gasteiger partial charge in [0.05, 0.1) is 16.2 Å². The van der Waals surface area contributed by atoms with Gasteiger partial charge in [-0.15, -0.1) is 0 Å². The van der Waals surface area contributed by atoms with E-state index in [1.54, 1.807) is 23.6 Å². The van der Waals surface area contributed by atoms with Crippen LogP contribution in [-0.2, 0) is 11.3 Å². The van der Waals surface area contributed by atoms with E-state index in [0.717, 1.165) is 16.2 Å². The number of benzene rings is 1. The summed E-state index contributed by atoms with van der Waals surface area (Å²) in [5, 5.41) is 5.40. The first-order chi connectivity index (χ1) is 13.4. The Balaban J connectivity index is 2.32. The van der Waals surface area contributed by atoms with Gasteiger partial charge in [0.15, 0.2) is 5.16 Å². The summed E-state index contributed by atoms with van der Waals surface area (Å²) in [5.41, 5.74) is -0.0310. The molecule has 2 aromatic rings. The van der Waals surface area contributed by atoms with Crippen molar-refractivity contribution in [3.63, 3.8) is 0 Å². The predicted molar refractivity (Wildman–Crippen MR) is 120 cm³/mol. The average molecular weight is 483 g/mol. The van der Waals surface area contributed by atoms with Crippen molar-refractivity contribution in [3.05, 3.63) is 33.0 Å². The lowest BCUT2D eigenvalue weighted by molar-refractivity contribution is -0.119. The van der Waals surface area contributed by atoms with E-state index in [9.17, 15) is 14.4 Å². The molecule has 0 radical (unpaired) electrons. The van der Waals surface area contributed by atoms with Crippen LogP contribution in [0.15, 0.2) is 32.6 Å². The number of aromatic nitrogens is 2. The minimum atomic E-state index is -0.612. The monoisotopic (exact) mass is 482 g/mol. The molecule has 0 aliphatic carbocycles. The molecule has 0 bridgehead atoms. The first-order valence-electron chi connectivity index (χ1n) is 9.37. The number of rotatable bonds is 5. The molecule has 29 heavy (non-hydrogen) atoms. The number of carbonyl (C=O) groups is 2. The molecular weight excluding hydrogens is 456 g/mol. The van der Waals surface area contributed by atoms with Crippen LogP contribution in [-0.4, -0.2) is 32.3 Å². The third-order valence-corrected chi connectivity index (χ3v) is 5.39. The molecule has 0 aliphatic heterocycles. The van der Waals surface area contributed by atoms with Gasteiger partial charge in [0.2, 0.25) is 5.91 Å². The summed E-state index contributed by atoms with van der Waals surface area (Å²) in [6.07, 6.45) is 0. The Hall–Kier alpha value is -1.87. The number of imide groups is 1. The Labute approximate surface area is 183 Å². The molecule has 0 aliphatic rings. The summed E-state index contributed by atoms with van der Waals surface area (Å²) in [5.74, 6) is -0.224. The Bertz CT molecular complexity index is 982. The number of carbonyl (C=O) groups excluding carboxylic acids is 2. The molecule has 0 spiro atoms. The van der Waals surface area contributed by atoms with E-state index in [0.29, 0.717) is 22.6 Å². The van der Waals surface area contributed by atoms with Crippen LogP contribution in [0.1, 0.15) is 41.5 Å². The van der Waals surface area contributed by atoms with Gasteiger partial charge in [0.1, 0.15) is 0 Å². The van der Waals surface area contributed by atoms with Crippen molar-refractivity contribution in [1.82, 2.24) is 20.2 Å². The number of nitrogens with one attached hydrogen (secondary N) is 2. The topological polar surface area (TPSA) is 93.1 Å². The highest BCUT2D eigenvalue weighted by molar-refractivity contribution is 9.10. The molecule has 1 aromatic heterocycles. The summed E-state index contributed by atoms with van der Waals surface area (Å²) >= 11 is 4.55. The molecule has 1 aromatic carbocycles. The number of nitrogens with zero attached hydrogens (tertiary/aromatic N) is 2. The van der Waals surface area contributed by atoms with Gasteiger partial charge in [0.25, 0.3) is 5.56 Å². The molecule has 3 amide bonds. The molecule has 1 unspecified atom stereocenters. The number of fused-ring (bicyclic) bond motifs is 1. The minimum Gasteiger partial charge on any atom is -0.333 e. The van der Waals surface area contributed by atoms with E-state index in [2.05, 4.69) is 31.5 Å². The van der Waals surface area contributed by atoms with Crippen molar-refractivity contribution < 1.29 is 9.59 Å². The Kier molecular flexibility index (Phi) is 7.50. The van der Waals surface area contributed by atoms with Gasteiger partial charge in [0, 0.05) is 16.6 Å². The van der Waals surface area contributed by atoms with E-state index in [1.807, 2.05) is 40.7 Å². The van der Waals surface area contributed by atoms with Crippen molar-refractivity contribution >= 4 is 50.5 Å². The van der Waals surface area contributed by atoms with E-state index >= 15 is 0 Å². The first kappa shape index (κ1) is 23.4. The number of halogens is 1. The first-order valence-corrected chi connectivity index (χ1v) is 11.0. The van der Waals surface area contributed by atoms with Gasteiger partial charge in [-0.3, -0.25) is 19.5 Å². The second kappa shape index (κ2) is 9.30. The van der Waals surface area contributed by atoms with Crippen molar-refractivity contribution in [2.45, 2.75) is 64.0 Å². The van der Waals surface area contributed by atoms with E-state index in [4.69, 9.17) is 0 Å². The van der Waals surface area contributed by atoms with Crippen LogP contribution in [0.5, 0.6) is 0 Å². The maximum Gasteiger partial charge on any atom is 0.321 e. The van der Waals surface area contributed by atoms with Crippen LogP contribution in [0.4, 0.5) is 4.79 Å². The number of hydrogen-bond donors (Lipinski definition) is 2. The second-order valence-corrected chi connectivity index (χ2v) is 10.5. The highest BCUT2D eigenvalue weighted by Gasteiger charge is 2.23. The van der Waals surface area contributed by atoms with Crippen LogP contribution in [0.3, 0.4) is 0 Å². The van der Waals surface area contributed by atoms with Crippen molar-refractivity contribution in [3.8, 4) is 0 Å². The third kappa shape index (κ3) is 6.57. The summed E-state index contributed by atoms with van der Waals surface area (Å²) in [6.45, 7) is 11.7. The normalized spacial score (nSPS) is 12.8. The van der Waals surface area contributed by atoms with Crippen molar-refractivity contribution in [2.24, 2.45) is 5.92 Å². The van der Waals surface area contributed by atoms with Gasteiger partial charge >= 0.3 is 6.03 Å². The van der Waals surface area contributed by atoms with Gasteiger partial charge < -0.3 is 5.32 Å². The lowest BCUT2D eigenvalue weighted by Crippen LogP contribution is -2.49. The van der Waals surface area contributed by atoms with Crippen molar-refractivity contribution in [2.75, 3.05) is 0 Å². The number of urea groups is 1. The smallest absolute Gasteiger partial charge is 0.321 e. The lowest BCUT2D eigenvalue weighted by Gasteiger charge is -2.21. The van der Waals surface area contributed by atoms with Crippen LogP contribution < -0.4 is 16.2 Å². The van der Waals surface area contributed by atoms with Crippen molar-refractivity contribution in [1.29, 1.82) is 0 Å². The van der Waals surface area contributed by atoms with Crippen LogP contribution in [0, 0.1) is 5.92 Å². The Morgan fingerprint density at radius 2 is 1.90 bits per heavy atom. The molecule has 2 N–H and O–H groups in total. The Morgan fingerprint density at radius 3 is 2.48 bits per heavy atom. The third-order valence-electron chi connectivity index (χ3n) is 3.81. The standard InChI is InChI=1S/C20H27BrN4O3S/c1-11(2)10-25-17(27)14-9-13(21)7-8-15(14)22-19(25)29-12(3)16(26)23-18(28)24-20(4,5)6/h7-9,11-12H,10H2,1-6H3,(H2,23,24,26,28). The molecule has 0 saturated heterocycles. The van der Waals surface area contributed by atoms with Gasteiger partial charge in [-0.05, 0) is 51.8 Å². The molecular formula is C20H27BrN4O3S. The fraction of sp³-hybridized carbons (Fsp3) is 0.500. The van der Waals surface area contributed by atoms with Gasteiger partial charge in [-0.1, -0.05) is 41.5 Å². The lowest BCUT2D eigenvalue weighted by atomic mass is 10.1. The van der Waals surface area contributed by atoms with Gasteiger partial charge in [-0.25, -0.2) is 9.78 Å². The van der Waals surface area contributed by atoms with Crippen LogP contribution in [0.2, 0.25) is 0 Å². The zero-order chi connectivity index (χ0) is 21.9. The quantitative estimate of drug-likeness (QED) is 0.497. The zero-order valence-corrected chi connectivity index (χ0v) is 19.9. The zero-order valence-electron chi connectivity index (χ0n) is 17.5. The summed E-state index contributed by atoms with van der Waals surface area (Å²) in [6, 6.07) is 4.80. The Morgan fingerprint density at radius 1 is 1.24 bits per heavy atom. The fourth-order valence-electron chi connectivity index (χ4n) is 2.59. The summed E-state index contributed by atoms with van der Waals surface area (Å²) in [7, 11) is 0. The molecule has 7 nitrogen and oxygen atoms in total. The molecule has 2 rings (SSSR count). The largest absolute Gasteiger partial charge is 0.333 e. The van der Waals surface area contributed by atoms with Crippen LogP contribution >= 0.6 is 27.7 Å². The molecule has 9 heteroatoms. The molecule has 0 saturated carbocycles. The van der Waals surface area contributed by atoms with Crippen LogP contribution in [0.25, 0.3) is 10.9 Å². The molecule has 1 atom stereocenters. The predicted octanol–water partition coefficient (Wildman–Crippen LogP) is 3.92. The maximum absolute atomic E-state index is 13.0. The van der Waals surface area contributed by atoms with E-state index < -0.39 is 22.7 Å². The molecule has 158 valence electrons. The highest BCUT2D eigenvalue weighted by Crippen LogP contribution is 2.24. The molecule has 1 heterocycles. The maximum atomic E-state index is 13.0. The minimum absolute atomic E-state index is 0.148. The molecule has 0 fully saturated rings. The van der Waals surface area contributed by atoms with Gasteiger partial charge in [-0.2, -0.15) is 0 Å².